The van der Waals surface area contributed by atoms with E-state index >= 15 is 0 Å². The van der Waals surface area contributed by atoms with Gasteiger partial charge in [0, 0.05) is 25.2 Å². The number of nitrogens with zero attached hydrogens (tertiary/aromatic N) is 7. The van der Waals surface area contributed by atoms with E-state index in [2.05, 4.69) is 32.2 Å². The van der Waals surface area contributed by atoms with Crippen molar-refractivity contribution < 1.29 is 0 Å². The normalized spacial score (nSPS) is 17.4. The van der Waals surface area contributed by atoms with Gasteiger partial charge in [-0.3, -0.25) is 0 Å². The number of rotatable bonds is 2. The van der Waals surface area contributed by atoms with Crippen LogP contribution in [0.3, 0.4) is 0 Å². The number of pyridine rings is 1. The molecule has 0 radical (unpaired) electrons. The Bertz CT molecular complexity index is 991. The highest BCUT2D eigenvalue weighted by Gasteiger charge is 2.26. The molecule has 0 amide bonds. The van der Waals surface area contributed by atoms with Crippen molar-refractivity contribution in [2.45, 2.75) is 38.0 Å². The Labute approximate surface area is 151 Å². The second-order valence-electron chi connectivity index (χ2n) is 7.08. The molecule has 1 aliphatic heterocycles. The van der Waals surface area contributed by atoms with Crippen molar-refractivity contribution in [2.75, 3.05) is 18.0 Å². The first kappa shape index (κ1) is 15.3. The van der Waals surface area contributed by atoms with Gasteiger partial charge in [-0.1, -0.05) is 0 Å². The van der Waals surface area contributed by atoms with Crippen LogP contribution in [0.15, 0.2) is 24.4 Å². The van der Waals surface area contributed by atoms with Crippen LogP contribution in [0.1, 0.15) is 47.8 Å². The van der Waals surface area contributed by atoms with Crippen molar-refractivity contribution in [2.24, 2.45) is 0 Å². The van der Waals surface area contributed by atoms with Gasteiger partial charge in [0.1, 0.15) is 11.9 Å². The molecule has 0 N–H and O–H groups in total. The van der Waals surface area contributed by atoms with E-state index in [1.807, 2.05) is 16.6 Å². The highest BCUT2D eigenvalue weighted by molar-refractivity contribution is 5.44. The molecule has 1 aliphatic carbocycles. The molecule has 3 aromatic heterocycles. The third-order valence-electron chi connectivity index (χ3n) is 5.50. The van der Waals surface area contributed by atoms with Crippen LogP contribution in [-0.4, -0.2) is 37.9 Å². The fourth-order valence-electron chi connectivity index (χ4n) is 4.06. The minimum Gasteiger partial charge on any atom is -0.357 e. The minimum absolute atomic E-state index is 0.367. The summed E-state index contributed by atoms with van der Waals surface area (Å²) in [6.45, 7) is 1.84. The number of nitriles is 1. The van der Waals surface area contributed by atoms with Crippen molar-refractivity contribution in [1.29, 1.82) is 5.26 Å². The maximum atomic E-state index is 8.90. The number of aryl methyl sites for hydroxylation is 2. The van der Waals surface area contributed by atoms with Crippen molar-refractivity contribution in [3.05, 3.63) is 47.0 Å². The maximum absolute atomic E-state index is 8.90. The summed E-state index contributed by atoms with van der Waals surface area (Å²) in [5, 5.41) is 22.5. The van der Waals surface area contributed by atoms with E-state index in [0.717, 1.165) is 56.1 Å². The highest BCUT2D eigenvalue weighted by atomic mass is 15.4. The SMILES string of the molecule is N#Cc1ccc(N2CCC(c3nnc4cc5c(nn34)CCC5)CC2)nc1. The third kappa shape index (κ3) is 2.49. The van der Waals surface area contributed by atoms with Crippen molar-refractivity contribution in [3.63, 3.8) is 0 Å². The average molecular weight is 345 g/mol. The van der Waals surface area contributed by atoms with Crippen molar-refractivity contribution in [3.8, 4) is 6.07 Å². The molecule has 1 fully saturated rings. The van der Waals surface area contributed by atoms with E-state index in [1.165, 1.54) is 17.7 Å². The molecule has 130 valence electrons. The van der Waals surface area contributed by atoms with Gasteiger partial charge in [-0.05, 0) is 55.9 Å². The summed E-state index contributed by atoms with van der Waals surface area (Å²) in [7, 11) is 0. The zero-order valence-corrected chi connectivity index (χ0v) is 14.5. The summed E-state index contributed by atoms with van der Waals surface area (Å²) in [6, 6.07) is 8.02. The van der Waals surface area contributed by atoms with Gasteiger partial charge in [0.05, 0.1) is 11.3 Å². The summed E-state index contributed by atoms with van der Waals surface area (Å²) in [5.74, 6) is 2.29. The summed E-state index contributed by atoms with van der Waals surface area (Å²) in [5.41, 5.74) is 4.00. The highest BCUT2D eigenvalue weighted by Crippen LogP contribution is 2.30. The molecule has 5 rings (SSSR count). The Morgan fingerprint density at radius 2 is 2.00 bits per heavy atom. The number of hydrogen-bond donors (Lipinski definition) is 0. The fraction of sp³-hybridized carbons (Fsp3) is 0.421. The number of fused-ring (bicyclic) bond motifs is 2. The molecule has 0 unspecified atom stereocenters. The van der Waals surface area contributed by atoms with Gasteiger partial charge >= 0.3 is 0 Å². The molecule has 2 aliphatic rings. The number of aromatic nitrogens is 5. The van der Waals surface area contributed by atoms with E-state index in [1.54, 1.807) is 6.20 Å². The van der Waals surface area contributed by atoms with Crippen LogP contribution in [-0.2, 0) is 12.8 Å². The van der Waals surface area contributed by atoms with Gasteiger partial charge in [0.2, 0.25) is 0 Å². The lowest BCUT2D eigenvalue weighted by atomic mass is 9.96. The lowest BCUT2D eigenvalue weighted by Crippen LogP contribution is -2.34. The molecule has 26 heavy (non-hydrogen) atoms. The van der Waals surface area contributed by atoms with E-state index in [4.69, 9.17) is 10.4 Å². The van der Waals surface area contributed by atoms with Gasteiger partial charge in [0.15, 0.2) is 11.5 Å². The number of piperidine rings is 1. The molecular formula is C19H19N7. The zero-order chi connectivity index (χ0) is 17.5. The molecule has 4 heterocycles. The molecule has 1 saturated heterocycles. The Kier molecular flexibility index (Phi) is 3.56. The summed E-state index contributed by atoms with van der Waals surface area (Å²) >= 11 is 0. The summed E-state index contributed by atoms with van der Waals surface area (Å²) < 4.78 is 1.96. The molecule has 0 saturated carbocycles. The van der Waals surface area contributed by atoms with Gasteiger partial charge in [-0.2, -0.15) is 14.9 Å². The number of anilines is 1. The average Bonchev–Trinajstić information content (AvgIpc) is 3.32. The molecule has 0 spiro atoms. The molecule has 0 bridgehead atoms. The quantitative estimate of drug-likeness (QED) is 0.708. The molecule has 0 atom stereocenters. The topological polar surface area (TPSA) is 83.0 Å². The van der Waals surface area contributed by atoms with E-state index in [0.29, 0.717) is 11.5 Å². The van der Waals surface area contributed by atoms with Gasteiger partial charge in [-0.25, -0.2) is 4.98 Å². The molecule has 7 heteroatoms. The second kappa shape index (κ2) is 6.06. The van der Waals surface area contributed by atoms with Crippen LogP contribution in [0.4, 0.5) is 5.82 Å². The Hall–Kier alpha value is -3.01. The number of hydrogen-bond acceptors (Lipinski definition) is 6. The lowest BCUT2D eigenvalue weighted by molar-refractivity contribution is 0.474. The Morgan fingerprint density at radius 1 is 1.12 bits per heavy atom. The zero-order valence-electron chi connectivity index (χ0n) is 14.5. The fourth-order valence-corrected chi connectivity index (χ4v) is 4.06. The Morgan fingerprint density at radius 3 is 2.77 bits per heavy atom. The van der Waals surface area contributed by atoms with Crippen LogP contribution in [0, 0.1) is 11.3 Å². The third-order valence-corrected chi connectivity index (χ3v) is 5.50. The lowest BCUT2D eigenvalue weighted by Gasteiger charge is -2.31. The van der Waals surface area contributed by atoms with Gasteiger partial charge in [0.25, 0.3) is 0 Å². The summed E-state index contributed by atoms with van der Waals surface area (Å²) in [4.78, 5) is 6.68. The molecule has 0 aromatic carbocycles. The molecular weight excluding hydrogens is 326 g/mol. The standard InChI is InChI=1S/C19H19N7/c20-11-13-4-5-17(21-12-13)25-8-6-14(7-9-25)19-23-22-18-10-15-2-1-3-16(15)24-26(18)19/h4-5,10,12,14H,1-3,6-9H2. The monoisotopic (exact) mass is 345 g/mol. The predicted octanol–water partition coefficient (Wildman–Crippen LogP) is 2.26. The van der Waals surface area contributed by atoms with Gasteiger partial charge in [-0.15, -0.1) is 10.2 Å². The van der Waals surface area contributed by atoms with Crippen LogP contribution in [0.25, 0.3) is 5.65 Å². The maximum Gasteiger partial charge on any atom is 0.178 e. The van der Waals surface area contributed by atoms with Gasteiger partial charge < -0.3 is 4.90 Å². The first-order valence-corrected chi connectivity index (χ1v) is 9.17. The first-order chi connectivity index (χ1) is 12.8. The Balaban J connectivity index is 1.35. The van der Waals surface area contributed by atoms with Crippen molar-refractivity contribution in [1.82, 2.24) is 24.8 Å². The van der Waals surface area contributed by atoms with Crippen LogP contribution < -0.4 is 4.90 Å². The van der Waals surface area contributed by atoms with Crippen molar-refractivity contribution >= 4 is 11.5 Å². The largest absolute Gasteiger partial charge is 0.357 e. The van der Waals surface area contributed by atoms with Crippen LogP contribution in [0.2, 0.25) is 0 Å². The van der Waals surface area contributed by atoms with E-state index in [9.17, 15) is 0 Å². The van der Waals surface area contributed by atoms with E-state index in [-0.39, 0.29) is 0 Å². The minimum atomic E-state index is 0.367. The van der Waals surface area contributed by atoms with E-state index < -0.39 is 0 Å². The smallest absolute Gasteiger partial charge is 0.178 e. The predicted molar refractivity (Wildman–Crippen MR) is 95.9 cm³/mol. The van der Waals surface area contributed by atoms with Crippen LogP contribution >= 0.6 is 0 Å². The summed E-state index contributed by atoms with van der Waals surface area (Å²) in [6.07, 6.45) is 7.00. The first-order valence-electron chi connectivity index (χ1n) is 9.17. The molecule has 7 nitrogen and oxygen atoms in total. The molecule has 3 aromatic rings. The second-order valence-corrected chi connectivity index (χ2v) is 7.08. The van der Waals surface area contributed by atoms with Crippen LogP contribution in [0.5, 0.6) is 0 Å².